The highest BCUT2D eigenvalue weighted by molar-refractivity contribution is 7.89. The molecule has 0 spiro atoms. The van der Waals surface area contributed by atoms with Gasteiger partial charge in [-0.3, -0.25) is 0 Å². The molecule has 0 aromatic carbocycles. The second kappa shape index (κ2) is 7.31. The predicted octanol–water partition coefficient (Wildman–Crippen LogP) is 0.427. The summed E-state index contributed by atoms with van der Waals surface area (Å²) in [5.41, 5.74) is 0. The molecule has 0 saturated carbocycles. The first-order valence-corrected chi connectivity index (χ1v) is 8.00. The van der Waals surface area contributed by atoms with Crippen molar-refractivity contribution in [2.45, 2.75) is 32.7 Å². The van der Waals surface area contributed by atoms with Gasteiger partial charge in [0, 0.05) is 25.7 Å². The zero-order chi connectivity index (χ0) is 12.7. The number of hydrogen-bond donors (Lipinski definition) is 1. The van der Waals surface area contributed by atoms with Crippen LogP contribution in [0.2, 0.25) is 0 Å². The SMILES string of the molecule is CCOCCS(=O)(=O)N(CC)CC1CCCN1. The average Bonchev–Trinajstić information content (AvgIpc) is 2.78. The molecule has 6 heteroatoms. The normalized spacial score (nSPS) is 21.2. The smallest absolute Gasteiger partial charge is 0.216 e. The fourth-order valence-corrected chi connectivity index (χ4v) is 3.42. The van der Waals surface area contributed by atoms with E-state index in [-0.39, 0.29) is 12.4 Å². The number of nitrogens with zero attached hydrogens (tertiary/aromatic N) is 1. The standard InChI is InChI=1S/C11H24N2O3S/c1-3-13(10-11-6-5-7-12-11)17(14,15)9-8-16-4-2/h11-12H,3-10H2,1-2H3. The Labute approximate surface area is 105 Å². The van der Waals surface area contributed by atoms with Crippen molar-refractivity contribution < 1.29 is 13.2 Å². The molecule has 1 aliphatic heterocycles. The minimum absolute atomic E-state index is 0.0847. The molecule has 0 aromatic rings. The molecule has 0 radical (unpaired) electrons. The van der Waals surface area contributed by atoms with E-state index in [0.29, 0.717) is 25.7 Å². The summed E-state index contributed by atoms with van der Waals surface area (Å²) in [6, 6.07) is 0.316. The van der Waals surface area contributed by atoms with Crippen LogP contribution in [-0.4, -0.2) is 57.4 Å². The fourth-order valence-electron chi connectivity index (χ4n) is 2.04. The molecule has 102 valence electrons. The number of hydrogen-bond acceptors (Lipinski definition) is 4. The van der Waals surface area contributed by atoms with Crippen molar-refractivity contribution in [1.82, 2.24) is 9.62 Å². The van der Waals surface area contributed by atoms with Crippen LogP contribution >= 0.6 is 0 Å². The first kappa shape index (κ1) is 14.9. The maximum Gasteiger partial charge on any atom is 0.216 e. The Kier molecular flexibility index (Phi) is 6.40. The van der Waals surface area contributed by atoms with Gasteiger partial charge in [0.2, 0.25) is 10.0 Å². The van der Waals surface area contributed by atoms with E-state index in [1.165, 1.54) is 0 Å². The van der Waals surface area contributed by atoms with E-state index in [1.54, 1.807) is 4.31 Å². The molecular formula is C11H24N2O3S. The fraction of sp³-hybridized carbons (Fsp3) is 1.00. The summed E-state index contributed by atoms with van der Waals surface area (Å²) < 4.78 is 30.8. The van der Waals surface area contributed by atoms with Crippen molar-refractivity contribution in [2.24, 2.45) is 0 Å². The Balaban J connectivity index is 2.46. The minimum Gasteiger partial charge on any atom is -0.381 e. The molecule has 1 N–H and O–H groups in total. The van der Waals surface area contributed by atoms with Gasteiger partial charge in [-0.1, -0.05) is 6.92 Å². The molecule has 0 bridgehead atoms. The largest absolute Gasteiger partial charge is 0.381 e. The number of ether oxygens (including phenoxy) is 1. The van der Waals surface area contributed by atoms with E-state index in [9.17, 15) is 8.42 Å². The van der Waals surface area contributed by atoms with Crippen molar-refractivity contribution in [3.05, 3.63) is 0 Å². The van der Waals surface area contributed by atoms with E-state index in [0.717, 1.165) is 19.4 Å². The molecule has 0 aromatic heterocycles. The Bertz CT molecular complexity index is 300. The van der Waals surface area contributed by atoms with Crippen molar-refractivity contribution >= 4 is 10.0 Å². The van der Waals surface area contributed by atoms with Gasteiger partial charge in [0.15, 0.2) is 0 Å². The third-order valence-electron chi connectivity index (χ3n) is 3.02. The Hall–Kier alpha value is -0.170. The molecule has 1 fully saturated rings. The summed E-state index contributed by atoms with van der Waals surface area (Å²) in [6.45, 7) is 6.72. The monoisotopic (exact) mass is 264 g/mol. The summed E-state index contributed by atoms with van der Waals surface area (Å²) in [6.07, 6.45) is 2.21. The van der Waals surface area contributed by atoms with Crippen molar-refractivity contribution in [1.29, 1.82) is 0 Å². The van der Waals surface area contributed by atoms with Gasteiger partial charge < -0.3 is 10.1 Å². The van der Waals surface area contributed by atoms with Crippen LogP contribution in [0.25, 0.3) is 0 Å². The highest BCUT2D eigenvalue weighted by Gasteiger charge is 2.25. The van der Waals surface area contributed by atoms with E-state index in [4.69, 9.17) is 4.74 Å². The Morgan fingerprint density at radius 2 is 2.18 bits per heavy atom. The number of likely N-dealkylation sites (N-methyl/N-ethyl adjacent to an activating group) is 1. The zero-order valence-electron chi connectivity index (χ0n) is 10.8. The molecule has 0 aliphatic carbocycles. The lowest BCUT2D eigenvalue weighted by Gasteiger charge is -2.23. The molecule has 5 nitrogen and oxygen atoms in total. The highest BCUT2D eigenvalue weighted by atomic mass is 32.2. The van der Waals surface area contributed by atoms with Crippen LogP contribution in [0.4, 0.5) is 0 Å². The van der Waals surface area contributed by atoms with Gasteiger partial charge in [-0.05, 0) is 26.3 Å². The number of sulfonamides is 1. The minimum atomic E-state index is -3.16. The molecule has 1 aliphatic rings. The summed E-state index contributed by atoms with van der Waals surface area (Å²) in [4.78, 5) is 0. The first-order valence-electron chi connectivity index (χ1n) is 6.39. The van der Waals surface area contributed by atoms with Crippen LogP contribution in [0.5, 0.6) is 0 Å². The lowest BCUT2D eigenvalue weighted by atomic mass is 10.2. The predicted molar refractivity (Wildman–Crippen MR) is 68.6 cm³/mol. The van der Waals surface area contributed by atoms with Crippen molar-refractivity contribution in [3.63, 3.8) is 0 Å². The van der Waals surface area contributed by atoms with Crippen LogP contribution in [0.15, 0.2) is 0 Å². The van der Waals surface area contributed by atoms with Crippen LogP contribution in [-0.2, 0) is 14.8 Å². The summed E-state index contributed by atoms with van der Waals surface area (Å²) in [7, 11) is -3.16. The van der Waals surface area contributed by atoms with E-state index in [2.05, 4.69) is 5.32 Å². The lowest BCUT2D eigenvalue weighted by Crippen LogP contribution is -2.42. The second-order valence-electron chi connectivity index (χ2n) is 4.26. The lowest BCUT2D eigenvalue weighted by molar-refractivity contribution is 0.162. The van der Waals surface area contributed by atoms with Crippen molar-refractivity contribution in [3.8, 4) is 0 Å². The molecule has 0 amide bonds. The molecular weight excluding hydrogens is 240 g/mol. The van der Waals surface area contributed by atoms with Crippen LogP contribution < -0.4 is 5.32 Å². The zero-order valence-corrected chi connectivity index (χ0v) is 11.6. The van der Waals surface area contributed by atoms with Crippen LogP contribution in [0.3, 0.4) is 0 Å². The van der Waals surface area contributed by atoms with Gasteiger partial charge in [-0.25, -0.2) is 12.7 Å². The van der Waals surface area contributed by atoms with Gasteiger partial charge in [-0.2, -0.15) is 0 Å². The molecule has 1 unspecified atom stereocenters. The number of nitrogens with one attached hydrogen (secondary N) is 1. The molecule has 17 heavy (non-hydrogen) atoms. The summed E-state index contributed by atoms with van der Waals surface area (Å²) >= 11 is 0. The van der Waals surface area contributed by atoms with E-state index >= 15 is 0 Å². The van der Waals surface area contributed by atoms with Gasteiger partial charge in [0.1, 0.15) is 0 Å². The van der Waals surface area contributed by atoms with Gasteiger partial charge >= 0.3 is 0 Å². The third-order valence-corrected chi connectivity index (χ3v) is 4.90. The molecule has 1 rings (SSSR count). The summed E-state index contributed by atoms with van der Waals surface area (Å²) in [5.74, 6) is 0.0847. The van der Waals surface area contributed by atoms with Crippen molar-refractivity contribution in [2.75, 3.05) is 38.6 Å². The molecule has 1 heterocycles. The highest BCUT2D eigenvalue weighted by Crippen LogP contribution is 2.10. The number of rotatable bonds is 8. The van der Waals surface area contributed by atoms with Gasteiger partial charge in [-0.15, -0.1) is 0 Å². The third kappa shape index (κ3) is 4.91. The van der Waals surface area contributed by atoms with Crippen LogP contribution in [0.1, 0.15) is 26.7 Å². The quantitative estimate of drug-likeness (QED) is 0.646. The van der Waals surface area contributed by atoms with Crippen LogP contribution in [0, 0.1) is 0 Å². The second-order valence-corrected chi connectivity index (χ2v) is 6.35. The summed E-state index contributed by atoms with van der Waals surface area (Å²) in [5, 5.41) is 3.32. The Morgan fingerprint density at radius 1 is 1.41 bits per heavy atom. The maximum absolute atomic E-state index is 12.0. The van der Waals surface area contributed by atoms with Gasteiger partial charge in [0.05, 0.1) is 12.4 Å². The Morgan fingerprint density at radius 3 is 2.71 bits per heavy atom. The molecule has 1 atom stereocenters. The van der Waals surface area contributed by atoms with E-state index in [1.807, 2.05) is 13.8 Å². The topological polar surface area (TPSA) is 58.6 Å². The molecule has 1 saturated heterocycles. The van der Waals surface area contributed by atoms with Gasteiger partial charge in [0.25, 0.3) is 0 Å². The maximum atomic E-state index is 12.0. The van der Waals surface area contributed by atoms with E-state index < -0.39 is 10.0 Å². The first-order chi connectivity index (χ1) is 8.10. The average molecular weight is 264 g/mol.